The number of fused-ring (bicyclic) bond motifs is 1. The van der Waals surface area contributed by atoms with Gasteiger partial charge in [-0.25, -0.2) is 0 Å². The van der Waals surface area contributed by atoms with E-state index in [4.69, 9.17) is 20.9 Å². The molecule has 1 saturated heterocycles. The summed E-state index contributed by atoms with van der Waals surface area (Å²) in [5.41, 5.74) is 6.74. The molecule has 2 aliphatic carbocycles. The van der Waals surface area contributed by atoms with Gasteiger partial charge >= 0.3 is 0 Å². The van der Waals surface area contributed by atoms with Crippen LogP contribution in [0.1, 0.15) is 49.3 Å². The molecule has 1 spiro atoms. The summed E-state index contributed by atoms with van der Waals surface area (Å²) >= 11 is 6.49. The largest absolute Gasteiger partial charge is 0.496 e. The molecule has 3 aromatic heterocycles. The fourth-order valence-corrected chi connectivity index (χ4v) is 6.09. The van der Waals surface area contributed by atoms with E-state index in [-0.39, 0.29) is 5.41 Å². The summed E-state index contributed by atoms with van der Waals surface area (Å²) in [5.74, 6) is 2.39. The molecule has 7 rings (SSSR count). The molecule has 1 aromatic carbocycles. The highest BCUT2D eigenvalue weighted by Crippen LogP contribution is 2.56. The number of rotatable bonds is 5. The van der Waals surface area contributed by atoms with E-state index in [0.717, 1.165) is 66.0 Å². The van der Waals surface area contributed by atoms with E-state index < -0.39 is 0 Å². The summed E-state index contributed by atoms with van der Waals surface area (Å²) in [6.45, 7) is 2.06. The molecule has 0 radical (unpaired) electrons. The number of benzene rings is 1. The predicted molar refractivity (Wildman–Crippen MR) is 141 cm³/mol. The molecule has 7 heteroatoms. The second-order valence-electron chi connectivity index (χ2n) is 10.3. The lowest BCUT2D eigenvalue weighted by molar-refractivity contribution is 0.277. The Morgan fingerprint density at radius 1 is 1.11 bits per heavy atom. The SMILES string of the molecule is COc1ccnc2ccc(N3CCC4(C=C(c5c(-c6ccncc6Cl)noc5C5CC5)C4)CC3)cc12. The van der Waals surface area contributed by atoms with Gasteiger partial charge in [0.2, 0.25) is 0 Å². The van der Waals surface area contributed by atoms with Gasteiger partial charge in [0.15, 0.2) is 0 Å². The van der Waals surface area contributed by atoms with Crippen molar-refractivity contribution in [2.75, 3.05) is 25.1 Å². The Morgan fingerprint density at radius 3 is 2.69 bits per heavy atom. The van der Waals surface area contributed by atoms with E-state index >= 15 is 0 Å². The van der Waals surface area contributed by atoms with Crippen molar-refractivity contribution in [3.05, 3.63) is 71.3 Å². The molecule has 36 heavy (non-hydrogen) atoms. The molecule has 1 saturated carbocycles. The van der Waals surface area contributed by atoms with Crippen molar-refractivity contribution in [3.63, 3.8) is 0 Å². The number of pyridine rings is 2. The number of nitrogens with zero attached hydrogens (tertiary/aromatic N) is 4. The van der Waals surface area contributed by atoms with Crippen LogP contribution in [0.3, 0.4) is 0 Å². The summed E-state index contributed by atoms with van der Waals surface area (Å²) < 4.78 is 11.5. The summed E-state index contributed by atoms with van der Waals surface area (Å²) in [7, 11) is 1.71. The molecular weight excluding hydrogens is 472 g/mol. The summed E-state index contributed by atoms with van der Waals surface area (Å²) in [6.07, 6.45) is 13.4. The predicted octanol–water partition coefficient (Wildman–Crippen LogP) is 6.90. The first-order valence-corrected chi connectivity index (χ1v) is 13.0. The number of hydrogen-bond donors (Lipinski definition) is 0. The van der Waals surface area contributed by atoms with Gasteiger partial charge < -0.3 is 14.2 Å². The maximum atomic E-state index is 6.49. The maximum Gasteiger partial charge on any atom is 0.147 e. The molecule has 0 amide bonds. The maximum absolute atomic E-state index is 6.49. The van der Waals surface area contributed by atoms with Gasteiger partial charge in [0.1, 0.15) is 17.2 Å². The Morgan fingerprint density at radius 2 is 1.94 bits per heavy atom. The molecular formula is C29H27ClN4O2. The van der Waals surface area contributed by atoms with Crippen LogP contribution in [0.25, 0.3) is 27.7 Å². The number of aromatic nitrogens is 3. The Hall–Kier alpha value is -3.38. The number of hydrogen-bond acceptors (Lipinski definition) is 6. The summed E-state index contributed by atoms with van der Waals surface area (Å²) in [4.78, 5) is 11.1. The number of ether oxygens (including phenoxy) is 1. The molecule has 4 aromatic rings. The third-order valence-corrected chi connectivity index (χ3v) is 8.37. The molecule has 0 N–H and O–H groups in total. The molecule has 3 aliphatic rings. The lowest BCUT2D eigenvalue weighted by atomic mass is 9.63. The molecule has 182 valence electrons. The minimum Gasteiger partial charge on any atom is -0.496 e. The van der Waals surface area contributed by atoms with Crippen LogP contribution in [0.15, 0.2) is 59.5 Å². The average molecular weight is 499 g/mol. The van der Waals surface area contributed by atoms with Crippen molar-refractivity contribution in [2.45, 2.75) is 38.0 Å². The number of methoxy groups -OCH3 is 1. The minimum absolute atomic E-state index is 0.249. The molecule has 1 aliphatic heterocycles. The zero-order valence-corrected chi connectivity index (χ0v) is 21.0. The zero-order valence-electron chi connectivity index (χ0n) is 20.2. The van der Waals surface area contributed by atoms with E-state index in [0.29, 0.717) is 10.9 Å². The van der Waals surface area contributed by atoms with E-state index in [2.05, 4.69) is 44.3 Å². The molecule has 2 fully saturated rings. The fraction of sp³-hybridized carbons (Fsp3) is 0.345. The second kappa shape index (κ2) is 8.34. The van der Waals surface area contributed by atoms with Gasteiger partial charge in [-0.15, -0.1) is 0 Å². The van der Waals surface area contributed by atoms with Gasteiger partial charge in [-0.1, -0.05) is 22.8 Å². The Labute approximate surface area is 214 Å². The molecule has 0 atom stereocenters. The Kier molecular flexibility index (Phi) is 5.07. The normalized spacial score (nSPS) is 18.8. The highest BCUT2D eigenvalue weighted by molar-refractivity contribution is 6.33. The minimum atomic E-state index is 0.249. The van der Waals surface area contributed by atoms with Crippen molar-refractivity contribution in [3.8, 4) is 17.0 Å². The van der Waals surface area contributed by atoms with Gasteiger partial charge in [-0.2, -0.15) is 0 Å². The number of anilines is 1. The van der Waals surface area contributed by atoms with Crippen LogP contribution in [0, 0.1) is 5.41 Å². The first-order valence-electron chi connectivity index (χ1n) is 12.6. The summed E-state index contributed by atoms with van der Waals surface area (Å²) in [5, 5.41) is 6.16. The van der Waals surface area contributed by atoms with Crippen molar-refractivity contribution < 1.29 is 9.26 Å². The van der Waals surface area contributed by atoms with Crippen molar-refractivity contribution >= 4 is 33.8 Å². The van der Waals surface area contributed by atoms with Crippen LogP contribution in [0.5, 0.6) is 5.75 Å². The smallest absolute Gasteiger partial charge is 0.147 e. The monoisotopic (exact) mass is 498 g/mol. The van der Waals surface area contributed by atoms with Crippen molar-refractivity contribution in [2.24, 2.45) is 5.41 Å². The molecule has 6 nitrogen and oxygen atoms in total. The topological polar surface area (TPSA) is 64.3 Å². The van der Waals surface area contributed by atoms with E-state index in [1.807, 2.05) is 12.1 Å². The van der Waals surface area contributed by atoms with Crippen molar-refractivity contribution in [1.29, 1.82) is 0 Å². The Balaban J connectivity index is 1.14. The lowest BCUT2D eigenvalue weighted by Crippen LogP contribution is -2.42. The molecule has 4 heterocycles. The standard InChI is InChI=1S/C29H27ClN4O2/c1-35-25-7-11-32-24-5-4-20(14-22(24)25)34-12-8-29(9-13-34)15-19(16-29)26-27(21-6-10-31-17-23(21)30)33-36-28(26)18-2-3-18/h4-7,10-11,14-15,17-18H,2-3,8-9,12-13,16H2,1H3. The second-order valence-corrected chi connectivity index (χ2v) is 10.7. The van der Waals surface area contributed by atoms with Gasteiger partial charge in [-0.05, 0) is 73.4 Å². The van der Waals surface area contributed by atoms with Crippen LogP contribution in [0.4, 0.5) is 5.69 Å². The van der Waals surface area contributed by atoms with Crippen LogP contribution in [-0.4, -0.2) is 35.3 Å². The third kappa shape index (κ3) is 3.58. The van der Waals surface area contributed by atoms with Crippen LogP contribution in [-0.2, 0) is 0 Å². The van der Waals surface area contributed by atoms with Crippen LogP contribution < -0.4 is 9.64 Å². The van der Waals surface area contributed by atoms with Gasteiger partial charge in [0, 0.05) is 59.8 Å². The molecule has 0 unspecified atom stereocenters. The first-order chi connectivity index (χ1) is 17.6. The van der Waals surface area contributed by atoms with Gasteiger partial charge in [0.25, 0.3) is 0 Å². The van der Waals surface area contributed by atoms with E-state index in [1.165, 1.54) is 29.7 Å². The van der Waals surface area contributed by atoms with Gasteiger partial charge in [-0.3, -0.25) is 9.97 Å². The van der Waals surface area contributed by atoms with Crippen LogP contribution in [0.2, 0.25) is 5.02 Å². The lowest BCUT2D eigenvalue weighted by Gasteiger charge is -2.47. The average Bonchev–Trinajstić information content (AvgIpc) is 3.65. The fourth-order valence-electron chi connectivity index (χ4n) is 5.88. The third-order valence-electron chi connectivity index (χ3n) is 8.07. The highest BCUT2D eigenvalue weighted by Gasteiger charge is 2.44. The number of piperidine rings is 1. The quantitative estimate of drug-likeness (QED) is 0.298. The van der Waals surface area contributed by atoms with Crippen molar-refractivity contribution in [1.82, 2.24) is 15.1 Å². The summed E-state index contributed by atoms with van der Waals surface area (Å²) in [6, 6.07) is 10.3. The van der Waals surface area contributed by atoms with Crippen LogP contribution >= 0.6 is 11.6 Å². The van der Waals surface area contributed by atoms with Gasteiger partial charge in [0.05, 0.1) is 17.6 Å². The van der Waals surface area contributed by atoms with E-state index in [1.54, 1.807) is 25.7 Å². The number of allylic oxidation sites excluding steroid dienone is 2. The van der Waals surface area contributed by atoms with E-state index in [9.17, 15) is 0 Å². The first kappa shape index (κ1) is 21.9. The number of halogens is 1. The molecule has 0 bridgehead atoms. The zero-order chi connectivity index (χ0) is 24.3. The Bertz CT molecular complexity index is 1500. The highest BCUT2D eigenvalue weighted by atomic mass is 35.5.